The molecule has 1 aliphatic rings. The third-order valence-corrected chi connectivity index (χ3v) is 5.83. The Morgan fingerprint density at radius 1 is 1.21 bits per heavy atom. The number of nitrogens with zero attached hydrogens (tertiary/aromatic N) is 1. The molecule has 1 atom stereocenters. The molecule has 6 heteroatoms. The summed E-state index contributed by atoms with van der Waals surface area (Å²) in [5.74, 6) is -0.403. The van der Waals surface area contributed by atoms with Gasteiger partial charge in [-0.05, 0) is 55.7 Å². The van der Waals surface area contributed by atoms with E-state index in [1.165, 1.54) is 18.2 Å². The molecule has 0 unspecified atom stereocenters. The number of halogens is 1. The van der Waals surface area contributed by atoms with Gasteiger partial charge in [0.1, 0.15) is 5.82 Å². The lowest BCUT2D eigenvalue weighted by molar-refractivity contribution is 0.566. The Bertz CT molecular complexity index is 809. The van der Waals surface area contributed by atoms with E-state index in [-0.39, 0.29) is 10.9 Å². The van der Waals surface area contributed by atoms with Gasteiger partial charge < -0.3 is 4.90 Å². The summed E-state index contributed by atoms with van der Waals surface area (Å²) in [4.78, 5) is 2.34. The molecular weight excluding hydrogens is 327 g/mol. The van der Waals surface area contributed by atoms with Crippen molar-refractivity contribution in [1.29, 1.82) is 0 Å². The van der Waals surface area contributed by atoms with Crippen LogP contribution in [0.1, 0.15) is 18.4 Å². The summed E-state index contributed by atoms with van der Waals surface area (Å²) < 4.78 is 40.9. The van der Waals surface area contributed by atoms with Crippen molar-refractivity contribution >= 4 is 15.7 Å². The average Bonchev–Trinajstić information content (AvgIpc) is 3.05. The van der Waals surface area contributed by atoms with Crippen LogP contribution < -0.4 is 9.62 Å². The molecule has 3 rings (SSSR count). The van der Waals surface area contributed by atoms with Crippen LogP contribution in [-0.4, -0.2) is 27.5 Å². The molecule has 0 amide bonds. The number of aryl methyl sites for hydroxylation is 1. The fourth-order valence-electron chi connectivity index (χ4n) is 3.08. The van der Waals surface area contributed by atoms with E-state index in [2.05, 4.69) is 9.62 Å². The van der Waals surface area contributed by atoms with Gasteiger partial charge in [0.2, 0.25) is 10.0 Å². The highest BCUT2D eigenvalue weighted by Gasteiger charge is 2.26. The van der Waals surface area contributed by atoms with Crippen LogP contribution in [0.5, 0.6) is 0 Å². The lowest BCUT2D eigenvalue weighted by Gasteiger charge is -2.27. The smallest absolute Gasteiger partial charge is 0.240 e. The molecule has 4 nitrogen and oxygen atoms in total. The van der Waals surface area contributed by atoms with E-state index >= 15 is 0 Å². The Labute approximate surface area is 142 Å². The molecule has 24 heavy (non-hydrogen) atoms. The minimum absolute atomic E-state index is 0.102. The Kier molecular flexibility index (Phi) is 4.87. The van der Waals surface area contributed by atoms with E-state index in [0.717, 1.165) is 25.1 Å². The van der Waals surface area contributed by atoms with Gasteiger partial charge in [0.25, 0.3) is 0 Å². The molecule has 1 aliphatic heterocycles. The Hall–Kier alpha value is -1.92. The van der Waals surface area contributed by atoms with Gasteiger partial charge in [-0.1, -0.05) is 18.2 Å². The summed E-state index contributed by atoms with van der Waals surface area (Å²) >= 11 is 0. The molecule has 0 aliphatic carbocycles. The van der Waals surface area contributed by atoms with Gasteiger partial charge in [-0.15, -0.1) is 0 Å². The fraction of sp³-hybridized carbons (Fsp3) is 0.333. The summed E-state index contributed by atoms with van der Waals surface area (Å²) in [6.45, 7) is 2.82. The topological polar surface area (TPSA) is 49.4 Å². The monoisotopic (exact) mass is 348 g/mol. The van der Waals surface area contributed by atoms with Crippen molar-refractivity contribution in [3.63, 3.8) is 0 Å². The molecule has 1 saturated heterocycles. The predicted octanol–water partition coefficient (Wildman–Crippen LogP) is 3.08. The minimum atomic E-state index is -3.64. The molecule has 2 aromatic carbocycles. The van der Waals surface area contributed by atoms with Crippen molar-refractivity contribution in [1.82, 2.24) is 4.72 Å². The summed E-state index contributed by atoms with van der Waals surface area (Å²) in [5, 5.41) is 0. The number of rotatable bonds is 5. The first-order valence-electron chi connectivity index (χ1n) is 8.05. The maximum absolute atomic E-state index is 13.3. The van der Waals surface area contributed by atoms with Crippen molar-refractivity contribution in [3.8, 4) is 0 Å². The molecule has 1 fully saturated rings. The second-order valence-electron chi connectivity index (χ2n) is 6.09. The molecule has 0 spiro atoms. The molecule has 0 radical (unpaired) electrons. The molecule has 1 heterocycles. The number of sulfonamides is 1. The van der Waals surface area contributed by atoms with Crippen molar-refractivity contribution < 1.29 is 12.8 Å². The standard InChI is InChI=1S/C18H21FN2O2S/c1-14-12-17(9-10-18(14)19)24(22,23)20-13-16-8-5-11-21(16)15-6-3-2-4-7-15/h2-4,6-7,9-10,12,16,20H,5,8,11,13H2,1H3/t16-/m0/s1. The van der Waals surface area contributed by atoms with Crippen LogP contribution >= 0.6 is 0 Å². The molecule has 2 aromatic rings. The second-order valence-corrected chi connectivity index (χ2v) is 7.85. The maximum atomic E-state index is 13.3. The number of anilines is 1. The highest BCUT2D eigenvalue weighted by atomic mass is 32.2. The van der Waals surface area contributed by atoms with Crippen LogP contribution in [0.2, 0.25) is 0 Å². The number of para-hydroxylation sites is 1. The summed E-state index contributed by atoms with van der Waals surface area (Å²) in [7, 11) is -3.64. The quantitative estimate of drug-likeness (QED) is 0.903. The second kappa shape index (κ2) is 6.91. The predicted molar refractivity (Wildman–Crippen MR) is 93.1 cm³/mol. The van der Waals surface area contributed by atoms with Gasteiger partial charge in [-0.25, -0.2) is 17.5 Å². The lowest BCUT2D eigenvalue weighted by atomic mass is 10.2. The Balaban J connectivity index is 1.71. The lowest BCUT2D eigenvalue weighted by Crippen LogP contribution is -2.40. The Morgan fingerprint density at radius 3 is 2.67 bits per heavy atom. The summed E-state index contributed by atoms with van der Waals surface area (Å²) in [6.07, 6.45) is 1.98. The Morgan fingerprint density at radius 2 is 1.96 bits per heavy atom. The molecule has 128 valence electrons. The molecule has 1 N–H and O–H groups in total. The number of hydrogen-bond acceptors (Lipinski definition) is 3. The zero-order chi connectivity index (χ0) is 17.2. The van der Waals surface area contributed by atoms with Crippen LogP contribution in [0, 0.1) is 12.7 Å². The van der Waals surface area contributed by atoms with Crippen molar-refractivity contribution in [3.05, 3.63) is 59.9 Å². The van der Waals surface area contributed by atoms with Crippen molar-refractivity contribution in [2.45, 2.75) is 30.7 Å². The summed E-state index contributed by atoms with van der Waals surface area (Å²) in [6, 6.07) is 14.0. The van der Waals surface area contributed by atoms with Gasteiger partial charge in [-0.2, -0.15) is 0 Å². The van der Waals surface area contributed by atoms with Crippen LogP contribution in [0.3, 0.4) is 0 Å². The van der Waals surface area contributed by atoms with Gasteiger partial charge >= 0.3 is 0 Å². The zero-order valence-electron chi connectivity index (χ0n) is 13.6. The van der Waals surface area contributed by atoms with E-state index < -0.39 is 15.8 Å². The van der Waals surface area contributed by atoms with E-state index in [9.17, 15) is 12.8 Å². The minimum Gasteiger partial charge on any atom is -0.367 e. The number of benzene rings is 2. The zero-order valence-corrected chi connectivity index (χ0v) is 14.4. The molecule has 0 aromatic heterocycles. The fourth-order valence-corrected chi connectivity index (χ4v) is 4.24. The normalized spacial score (nSPS) is 18.1. The largest absolute Gasteiger partial charge is 0.367 e. The van der Waals surface area contributed by atoms with Crippen LogP contribution in [0.4, 0.5) is 10.1 Å². The van der Waals surface area contributed by atoms with E-state index in [1.807, 2.05) is 30.3 Å². The summed E-state index contributed by atoms with van der Waals surface area (Å²) in [5.41, 5.74) is 1.43. The van der Waals surface area contributed by atoms with Gasteiger partial charge in [0.05, 0.1) is 4.90 Å². The van der Waals surface area contributed by atoms with Crippen molar-refractivity contribution in [2.24, 2.45) is 0 Å². The number of hydrogen-bond donors (Lipinski definition) is 1. The van der Waals surface area contributed by atoms with Gasteiger partial charge in [0.15, 0.2) is 0 Å². The third-order valence-electron chi connectivity index (χ3n) is 4.41. The van der Waals surface area contributed by atoms with Crippen LogP contribution in [-0.2, 0) is 10.0 Å². The van der Waals surface area contributed by atoms with Gasteiger partial charge in [-0.3, -0.25) is 0 Å². The highest BCUT2D eigenvalue weighted by Crippen LogP contribution is 2.25. The van der Waals surface area contributed by atoms with Crippen LogP contribution in [0.25, 0.3) is 0 Å². The van der Waals surface area contributed by atoms with E-state index in [1.54, 1.807) is 6.92 Å². The van der Waals surface area contributed by atoms with E-state index in [0.29, 0.717) is 12.1 Å². The molecule has 0 bridgehead atoms. The maximum Gasteiger partial charge on any atom is 0.240 e. The molecular formula is C18H21FN2O2S. The molecule has 0 saturated carbocycles. The van der Waals surface area contributed by atoms with Crippen LogP contribution in [0.15, 0.2) is 53.4 Å². The van der Waals surface area contributed by atoms with E-state index in [4.69, 9.17) is 0 Å². The van der Waals surface area contributed by atoms with Crippen molar-refractivity contribution in [2.75, 3.05) is 18.0 Å². The first-order valence-corrected chi connectivity index (χ1v) is 9.53. The average molecular weight is 348 g/mol. The van der Waals surface area contributed by atoms with Gasteiger partial charge in [0, 0.05) is 24.8 Å². The number of nitrogens with one attached hydrogen (secondary N) is 1. The third kappa shape index (κ3) is 3.60. The SMILES string of the molecule is Cc1cc(S(=O)(=O)NC[C@@H]2CCCN2c2ccccc2)ccc1F. The highest BCUT2D eigenvalue weighted by molar-refractivity contribution is 7.89. The first-order chi connectivity index (χ1) is 11.5. The first kappa shape index (κ1) is 16.9.